The van der Waals surface area contributed by atoms with Crippen LogP contribution in [-0.4, -0.2) is 56.0 Å². The third-order valence-corrected chi connectivity index (χ3v) is 9.05. The zero-order chi connectivity index (χ0) is 20.4. The Bertz CT molecular complexity index is 867. The van der Waals surface area contributed by atoms with Gasteiger partial charge in [0, 0.05) is 18.6 Å². The predicted octanol–water partition coefficient (Wildman–Crippen LogP) is 3.56. The van der Waals surface area contributed by atoms with Crippen molar-refractivity contribution < 1.29 is 12.8 Å². The molecular weight excluding hydrogens is 389 g/mol. The van der Waals surface area contributed by atoms with Crippen LogP contribution in [0.15, 0.2) is 29.2 Å². The van der Waals surface area contributed by atoms with E-state index in [4.69, 9.17) is 0 Å². The summed E-state index contributed by atoms with van der Waals surface area (Å²) in [4.78, 5) is 2.69. The quantitative estimate of drug-likeness (QED) is 0.662. The van der Waals surface area contributed by atoms with E-state index in [9.17, 15) is 18.1 Å². The minimum atomic E-state index is -3.78. The molecule has 1 aromatic rings. The smallest absolute Gasteiger partial charge is 0.244 e. The van der Waals surface area contributed by atoms with Gasteiger partial charge in [-0.15, -0.1) is 0 Å². The predicted molar refractivity (Wildman–Crippen MR) is 109 cm³/mol. The molecule has 1 aromatic carbocycles. The summed E-state index contributed by atoms with van der Waals surface area (Å²) < 4.78 is 41.9. The van der Waals surface area contributed by atoms with E-state index in [-0.39, 0.29) is 23.2 Å². The van der Waals surface area contributed by atoms with Crippen molar-refractivity contribution in [3.63, 3.8) is 0 Å². The highest BCUT2D eigenvalue weighted by Gasteiger charge is 2.51. The molecular formula is C22H30FN3O2S. The number of hydrogen-bond acceptors (Lipinski definition) is 4. The van der Waals surface area contributed by atoms with E-state index in [0.717, 1.165) is 38.8 Å². The molecule has 5 nitrogen and oxygen atoms in total. The molecule has 0 spiro atoms. The Morgan fingerprint density at radius 1 is 1.14 bits per heavy atom. The Hall–Kier alpha value is -1.49. The number of benzene rings is 1. The molecule has 7 heteroatoms. The first-order chi connectivity index (χ1) is 14.1. The largest absolute Gasteiger partial charge is 0.300 e. The molecule has 3 aliphatic heterocycles. The topological polar surface area (TPSA) is 64.4 Å². The van der Waals surface area contributed by atoms with Gasteiger partial charge in [0.25, 0.3) is 0 Å². The van der Waals surface area contributed by atoms with Crippen molar-refractivity contribution in [2.45, 2.75) is 61.9 Å². The van der Waals surface area contributed by atoms with Crippen LogP contribution in [0.5, 0.6) is 0 Å². The van der Waals surface area contributed by atoms with E-state index in [1.807, 2.05) is 6.07 Å². The summed E-state index contributed by atoms with van der Waals surface area (Å²) in [6.45, 7) is 2.37. The van der Waals surface area contributed by atoms with E-state index in [1.165, 1.54) is 0 Å². The van der Waals surface area contributed by atoms with Crippen LogP contribution in [0.4, 0.5) is 4.39 Å². The van der Waals surface area contributed by atoms with Gasteiger partial charge in [0.05, 0.1) is 17.1 Å². The number of rotatable bonds is 6. The molecule has 3 saturated heterocycles. The Kier molecular flexibility index (Phi) is 6.24. The zero-order valence-corrected chi connectivity index (χ0v) is 17.7. The van der Waals surface area contributed by atoms with Gasteiger partial charge in [-0.25, -0.2) is 8.42 Å². The molecule has 0 radical (unpaired) electrons. The number of sulfonamides is 1. The summed E-state index contributed by atoms with van der Waals surface area (Å²) in [5.41, 5.74) is 0.200. The van der Waals surface area contributed by atoms with Gasteiger partial charge in [0.15, 0.2) is 0 Å². The third kappa shape index (κ3) is 3.83. The van der Waals surface area contributed by atoms with Crippen LogP contribution in [0.1, 0.15) is 50.5 Å². The van der Waals surface area contributed by atoms with Crippen molar-refractivity contribution in [1.29, 1.82) is 5.26 Å². The normalized spacial score (nSPS) is 30.5. The molecule has 3 heterocycles. The number of hydrogen-bond donors (Lipinski definition) is 0. The van der Waals surface area contributed by atoms with Crippen molar-refractivity contribution in [2.75, 3.05) is 26.3 Å². The van der Waals surface area contributed by atoms with Gasteiger partial charge >= 0.3 is 0 Å². The van der Waals surface area contributed by atoms with E-state index < -0.39 is 10.0 Å². The monoisotopic (exact) mass is 419 g/mol. The van der Waals surface area contributed by atoms with Crippen LogP contribution >= 0.6 is 0 Å². The number of alkyl halides is 1. The molecule has 4 atom stereocenters. The lowest BCUT2D eigenvalue weighted by atomic mass is 9.70. The fraction of sp³-hybridized carbons (Fsp3) is 0.682. The Balaban J connectivity index is 1.72. The lowest BCUT2D eigenvalue weighted by molar-refractivity contribution is -0.0524. The van der Waals surface area contributed by atoms with Gasteiger partial charge in [0.2, 0.25) is 10.0 Å². The number of halogens is 1. The lowest BCUT2D eigenvalue weighted by Gasteiger charge is -2.57. The van der Waals surface area contributed by atoms with Crippen molar-refractivity contribution in [1.82, 2.24) is 9.21 Å². The third-order valence-electron chi connectivity index (χ3n) is 7.10. The van der Waals surface area contributed by atoms with Crippen molar-refractivity contribution in [2.24, 2.45) is 11.8 Å². The maximum atomic E-state index is 13.7. The maximum absolute atomic E-state index is 13.7. The molecule has 0 aliphatic carbocycles. The fourth-order valence-corrected chi connectivity index (χ4v) is 7.85. The Morgan fingerprint density at radius 2 is 1.90 bits per heavy atom. The Morgan fingerprint density at radius 3 is 2.66 bits per heavy atom. The summed E-state index contributed by atoms with van der Waals surface area (Å²) in [6.07, 6.45) is 6.16. The number of piperidine rings is 3. The molecule has 0 N–H and O–H groups in total. The molecule has 29 heavy (non-hydrogen) atoms. The van der Waals surface area contributed by atoms with Crippen LogP contribution in [-0.2, 0) is 10.0 Å². The fourth-order valence-electron chi connectivity index (χ4n) is 5.95. The number of nitriles is 1. The second-order valence-electron chi connectivity index (χ2n) is 8.67. The van der Waals surface area contributed by atoms with Crippen molar-refractivity contribution >= 4 is 10.0 Å². The van der Waals surface area contributed by atoms with Crippen molar-refractivity contribution in [3.05, 3.63) is 29.8 Å². The summed E-state index contributed by atoms with van der Waals surface area (Å²) in [6, 6.07) is 8.88. The highest BCUT2D eigenvalue weighted by atomic mass is 32.2. The van der Waals surface area contributed by atoms with E-state index in [1.54, 1.807) is 28.6 Å². The summed E-state index contributed by atoms with van der Waals surface area (Å²) in [5.74, 6) is 0.641. The number of unbranched alkanes of at least 4 members (excludes halogenated alkanes) is 1. The van der Waals surface area contributed by atoms with E-state index >= 15 is 0 Å². The summed E-state index contributed by atoms with van der Waals surface area (Å²) >= 11 is 0. The SMILES string of the molecule is N#Cc1ccccc1S(=O)(=O)N1C[C@@H]2CCCN3CCC[C@@H]([C@H]23)[C@H]1CCCCF. The molecule has 158 valence electrons. The van der Waals surface area contributed by atoms with Crippen LogP contribution in [0.2, 0.25) is 0 Å². The minimum absolute atomic E-state index is 0.111. The zero-order valence-electron chi connectivity index (χ0n) is 16.8. The first-order valence-electron chi connectivity index (χ1n) is 10.9. The van der Waals surface area contributed by atoms with Gasteiger partial charge in [-0.3, -0.25) is 9.29 Å². The Labute approximate surface area is 173 Å². The molecule has 0 bridgehead atoms. The minimum Gasteiger partial charge on any atom is -0.300 e. The summed E-state index contributed by atoms with van der Waals surface area (Å²) in [5, 5.41) is 9.47. The van der Waals surface area contributed by atoms with Crippen LogP contribution in [0.25, 0.3) is 0 Å². The average Bonchev–Trinajstić information content (AvgIpc) is 2.75. The molecule has 3 aliphatic rings. The van der Waals surface area contributed by atoms with Crippen molar-refractivity contribution in [3.8, 4) is 6.07 Å². The standard InChI is InChI=1S/C22H30FN3O2S/c23-12-4-3-10-20-19-9-6-14-25-13-5-8-18(22(19)25)16-26(20)29(27,28)21-11-2-1-7-17(21)15-24/h1-2,7,11,18-20,22H,3-6,8-10,12-14,16H2/t18-,19+,20+,22-/m0/s1. The molecule has 0 saturated carbocycles. The van der Waals surface area contributed by atoms with Gasteiger partial charge < -0.3 is 0 Å². The first-order valence-corrected chi connectivity index (χ1v) is 12.3. The highest BCUT2D eigenvalue weighted by Crippen LogP contribution is 2.45. The maximum Gasteiger partial charge on any atom is 0.244 e. The number of nitrogens with zero attached hydrogens (tertiary/aromatic N) is 3. The van der Waals surface area contributed by atoms with Crippen LogP contribution in [0, 0.1) is 23.2 Å². The second-order valence-corrected chi connectivity index (χ2v) is 10.5. The van der Waals surface area contributed by atoms with E-state index in [0.29, 0.717) is 43.7 Å². The molecule has 3 fully saturated rings. The molecule has 0 unspecified atom stereocenters. The highest BCUT2D eigenvalue weighted by molar-refractivity contribution is 7.89. The lowest BCUT2D eigenvalue weighted by Crippen LogP contribution is -2.65. The van der Waals surface area contributed by atoms with Gasteiger partial charge in [-0.05, 0) is 82.0 Å². The second kappa shape index (κ2) is 8.71. The van der Waals surface area contributed by atoms with E-state index in [2.05, 4.69) is 4.90 Å². The molecule has 0 aromatic heterocycles. The van der Waals surface area contributed by atoms with Crippen LogP contribution < -0.4 is 0 Å². The first kappa shape index (κ1) is 20.8. The average molecular weight is 420 g/mol. The molecule has 4 rings (SSSR count). The molecule has 0 amide bonds. The van der Waals surface area contributed by atoms with Gasteiger partial charge in [-0.1, -0.05) is 12.1 Å². The van der Waals surface area contributed by atoms with Gasteiger partial charge in [0.1, 0.15) is 6.07 Å². The van der Waals surface area contributed by atoms with Crippen LogP contribution in [0.3, 0.4) is 0 Å². The van der Waals surface area contributed by atoms with Gasteiger partial charge in [-0.2, -0.15) is 9.57 Å². The summed E-state index contributed by atoms with van der Waals surface area (Å²) in [7, 11) is -3.78.